The summed E-state index contributed by atoms with van der Waals surface area (Å²) in [6.07, 6.45) is 6.99. The lowest BCUT2D eigenvalue weighted by Gasteiger charge is -2.12. The lowest BCUT2D eigenvalue weighted by atomic mass is 10.1. The van der Waals surface area contributed by atoms with Crippen LogP contribution in [0.3, 0.4) is 0 Å². The first-order chi connectivity index (χ1) is 11.3. The van der Waals surface area contributed by atoms with Gasteiger partial charge in [-0.05, 0) is 44.4 Å². The molecule has 2 rings (SSSR count). The summed E-state index contributed by atoms with van der Waals surface area (Å²) < 4.78 is 11.3. The van der Waals surface area contributed by atoms with Crippen LogP contribution < -0.4 is 15.8 Å². The predicted molar refractivity (Wildman–Crippen MR) is 98.9 cm³/mol. The number of unbranched alkanes of at least 4 members (excludes halogenated alkanes) is 3. The van der Waals surface area contributed by atoms with Crippen LogP contribution in [0.1, 0.15) is 44.9 Å². The van der Waals surface area contributed by atoms with Gasteiger partial charge in [-0.1, -0.05) is 18.9 Å². The van der Waals surface area contributed by atoms with Crippen LogP contribution in [-0.4, -0.2) is 31.8 Å². The summed E-state index contributed by atoms with van der Waals surface area (Å²) in [5.74, 6) is 0.815. The molecular formula is C18H29ClN2O3. The molecule has 0 aliphatic carbocycles. The minimum atomic E-state index is 0. The Morgan fingerprint density at radius 1 is 1.29 bits per heavy atom. The lowest BCUT2D eigenvalue weighted by Crippen LogP contribution is -2.16. The number of ether oxygens (including phenoxy) is 2. The normalized spacial score (nSPS) is 16.5. The van der Waals surface area contributed by atoms with Gasteiger partial charge in [-0.15, -0.1) is 12.4 Å². The van der Waals surface area contributed by atoms with E-state index in [1.165, 1.54) is 0 Å². The Morgan fingerprint density at radius 3 is 2.88 bits per heavy atom. The molecule has 0 saturated carbocycles. The molecule has 3 N–H and O–H groups in total. The maximum absolute atomic E-state index is 11.9. The SMILES string of the molecule is Cl.NCCCCCCC(=O)Nc1cccc(OCC2CCCO2)c1. The zero-order chi connectivity index (χ0) is 16.3. The third kappa shape index (κ3) is 7.99. The third-order valence-corrected chi connectivity index (χ3v) is 3.94. The maximum Gasteiger partial charge on any atom is 0.224 e. The maximum atomic E-state index is 11.9. The number of halogens is 1. The Labute approximate surface area is 150 Å². The van der Waals surface area contributed by atoms with E-state index < -0.39 is 0 Å². The van der Waals surface area contributed by atoms with Crippen molar-refractivity contribution in [3.05, 3.63) is 24.3 Å². The molecule has 24 heavy (non-hydrogen) atoms. The van der Waals surface area contributed by atoms with Crippen LogP contribution in [0.15, 0.2) is 24.3 Å². The van der Waals surface area contributed by atoms with Crippen molar-refractivity contribution < 1.29 is 14.3 Å². The van der Waals surface area contributed by atoms with Gasteiger partial charge in [0.2, 0.25) is 5.91 Å². The van der Waals surface area contributed by atoms with Crippen LogP contribution in [0, 0.1) is 0 Å². The number of benzene rings is 1. The van der Waals surface area contributed by atoms with Crippen molar-refractivity contribution in [2.45, 2.75) is 51.0 Å². The van der Waals surface area contributed by atoms with Crippen LogP contribution in [0.5, 0.6) is 5.75 Å². The molecule has 1 atom stereocenters. The van der Waals surface area contributed by atoms with Crippen molar-refractivity contribution >= 4 is 24.0 Å². The van der Waals surface area contributed by atoms with Gasteiger partial charge in [0, 0.05) is 24.8 Å². The average Bonchev–Trinajstić information content (AvgIpc) is 3.06. The summed E-state index contributed by atoms with van der Waals surface area (Å²) in [5.41, 5.74) is 6.23. The summed E-state index contributed by atoms with van der Waals surface area (Å²) in [4.78, 5) is 11.9. The average molecular weight is 357 g/mol. The highest BCUT2D eigenvalue weighted by Crippen LogP contribution is 2.20. The Kier molecular flexibility index (Phi) is 10.5. The number of amides is 1. The fourth-order valence-corrected chi connectivity index (χ4v) is 2.64. The van der Waals surface area contributed by atoms with E-state index in [2.05, 4.69) is 5.32 Å². The molecule has 1 fully saturated rings. The van der Waals surface area contributed by atoms with Crippen LogP contribution in [-0.2, 0) is 9.53 Å². The number of hydrogen-bond acceptors (Lipinski definition) is 4. The molecule has 136 valence electrons. The molecule has 5 nitrogen and oxygen atoms in total. The van der Waals surface area contributed by atoms with Crippen molar-refractivity contribution in [2.24, 2.45) is 5.73 Å². The van der Waals surface area contributed by atoms with Gasteiger partial charge >= 0.3 is 0 Å². The molecule has 0 aromatic heterocycles. The van der Waals surface area contributed by atoms with Gasteiger partial charge in [0.15, 0.2) is 0 Å². The van der Waals surface area contributed by atoms with E-state index in [4.69, 9.17) is 15.2 Å². The topological polar surface area (TPSA) is 73.6 Å². The molecule has 6 heteroatoms. The van der Waals surface area contributed by atoms with Gasteiger partial charge in [0.05, 0.1) is 6.10 Å². The monoisotopic (exact) mass is 356 g/mol. The summed E-state index contributed by atoms with van der Waals surface area (Å²) >= 11 is 0. The molecule has 0 radical (unpaired) electrons. The molecule has 1 aromatic rings. The van der Waals surface area contributed by atoms with Crippen LogP contribution in [0.25, 0.3) is 0 Å². The number of rotatable bonds is 10. The van der Waals surface area contributed by atoms with Gasteiger partial charge in [-0.3, -0.25) is 4.79 Å². The molecule has 1 aromatic carbocycles. The summed E-state index contributed by atoms with van der Waals surface area (Å²) in [6.45, 7) is 2.12. The molecule has 1 amide bonds. The molecule has 1 heterocycles. The number of carbonyl (C=O) groups is 1. The highest BCUT2D eigenvalue weighted by Gasteiger charge is 2.16. The third-order valence-electron chi connectivity index (χ3n) is 3.94. The first kappa shape index (κ1) is 20.7. The van der Waals surface area contributed by atoms with E-state index in [1.807, 2.05) is 24.3 Å². The zero-order valence-electron chi connectivity index (χ0n) is 14.2. The van der Waals surface area contributed by atoms with E-state index in [0.29, 0.717) is 13.0 Å². The molecular weight excluding hydrogens is 328 g/mol. The Morgan fingerprint density at radius 2 is 2.12 bits per heavy atom. The molecule has 1 aliphatic heterocycles. The lowest BCUT2D eigenvalue weighted by molar-refractivity contribution is -0.116. The molecule has 1 saturated heterocycles. The van der Waals surface area contributed by atoms with Gasteiger partial charge < -0.3 is 20.5 Å². The number of anilines is 1. The van der Waals surface area contributed by atoms with Crippen molar-refractivity contribution in [1.82, 2.24) is 0 Å². The highest BCUT2D eigenvalue weighted by atomic mass is 35.5. The molecule has 0 bridgehead atoms. The van der Waals surface area contributed by atoms with E-state index in [1.54, 1.807) is 0 Å². The Hall–Kier alpha value is -1.30. The summed E-state index contributed by atoms with van der Waals surface area (Å²) in [7, 11) is 0. The smallest absolute Gasteiger partial charge is 0.224 e. The van der Waals surface area contributed by atoms with Crippen LogP contribution in [0.4, 0.5) is 5.69 Å². The second-order valence-corrected chi connectivity index (χ2v) is 5.97. The summed E-state index contributed by atoms with van der Waals surface area (Å²) in [5, 5.41) is 2.93. The van der Waals surface area contributed by atoms with Gasteiger partial charge in [0.25, 0.3) is 0 Å². The number of carbonyl (C=O) groups excluding carboxylic acids is 1. The standard InChI is InChI=1S/C18H28N2O3.ClH/c19-11-4-2-1-3-10-18(21)20-15-7-5-8-16(13-15)23-14-17-9-6-12-22-17;/h5,7-8,13,17H,1-4,6,9-12,14,19H2,(H,20,21);1H. The van der Waals surface area contributed by atoms with Crippen molar-refractivity contribution in [3.63, 3.8) is 0 Å². The van der Waals surface area contributed by atoms with Gasteiger partial charge in [0.1, 0.15) is 12.4 Å². The van der Waals surface area contributed by atoms with Crippen molar-refractivity contribution in [2.75, 3.05) is 25.1 Å². The van der Waals surface area contributed by atoms with Crippen molar-refractivity contribution in [1.29, 1.82) is 0 Å². The van der Waals surface area contributed by atoms with Gasteiger partial charge in [-0.2, -0.15) is 0 Å². The molecule has 1 aliphatic rings. The number of nitrogens with one attached hydrogen (secondary N) is 1. The van der Waals surface area contributed by atoms with E-state index in [0.717, 1.165) is 63.1 Å². The zero-order valence-corrected chi connectivity index (χ0v) is 15.0. The fraction of sp³-hybridized carbons (Fsp3) is 0.611. The first-order valence-corrected chi connectivity index (χ1v) is 8.62. The highest BCUT2D eigenvalue weighted by molar-refractivity contribution is 5.90. The minimum Gasteiger partial charge on any atom is -0.491 e. The molecule has 1 unspecified atom stereocenters. The fourth-order valence-electron chi connectivity index (χ4n) is 2.64. The van der Waals surface area contributed by atoms with E-state index in [-0.39, 0.29) is 24.4 Å². The molecule has 0 spiro atoms. The Balaban J connectivity index is 0.00000288. The summed E-state index contributed by atoms with van der Waals surface area (Å²) in [6, 6.07) is 7.53. The van der Waals surface area contributed by atoms with Crippen molar-refractivity contribution in [3.8, 4) is 5.75 Å². The Bertz CT molecular complexity index is 479. The van der Waals surface area contributed by atoms with E-state index in [9.17, 15) is 4.79 Å². The second-order valence-electron chi connectivity index (χ2n) is 5.97. The van der Waals surface area contributed by atoms with E-state index >= 15 is 0 Å². The number of hydrogen-bond donors (Lipinski definition) is 2. The van der Waals surface area contributed by atoms with Crippen LogP contribution in [0.2, 0.25) is 0 Å². The quantitative estimate of drug-likeness (QED) is 0.629. The second kappa shape index (κ2) is 12.1. The predicted octanol–water partition coefficient (Wildman–Crippen LogP) is 3.51. The number of nitrogens with two attached hydrogens (primary N) is 1. The van der Waals surface area contributed by atoms with Crippen LogP contribution >= 0.6 is 12.4 Å². The minimum absolute atomic E-state index is 0. The largest absolute Gasteiger partial charge is 0.491 e. The van der Waals surface area contributed by atoms with Gasteiger partial charge in [-0.25, -0.2) is 0 Å². The first-order valence-electron chi connectivity index (χ1n) is 8.62.